The minimum Gasteiger partial charge on any atom is -0.497 e. The largest absolute Gasteiger partial charge is 0.497 e. The van der Waals surface area contributed by atoms with Gasteiger partial charge in [0.15, 0.2) is 0 Å². The van der Waals surface area contributed by atoms with Gasteiger partial charge in [0.2, 0.25) is 0 Å². The summed E-state index contributed by atoms with van der Waals surface area (Å²) in [6, 6.07) is 7.92. The van der Waals surface area contributed by atoms with Crippen LogP contribution >= 0.6 is 0 Å². The molecule has 2 aliphatic rings. The molecule has 118 valence electrons. The summed E-state index contributed by atoms with van der Waals surface area (Å²) in [5.74, 6) is 1.93. The number of hydrogen-bond acceptors (Lipinski definition) is 6. The van der Waals surface area contributed by atoms with E-state index in [0.717, 1.165) is 34.8 Å². The lowest BCUT2D eigenvalue weighted by atomic mass is 10.0. The highest BCUT2D eigenvalue weighted by atomic mass is 16.5. The number of rotatable bonds is 4. The molecule has 0 saturated carbocycles. The summed E-state index contributed by atoms with van der Waals surface area (Å²) in [5.41, 5.74) is 9.31. The lowest BCUT2D eigenvalue weighted by Crippen LogP contribution is -2.22. The summed E-state index contributed by atoms with van der Waals surface area (Å²) in [6.07, 6.45) is 3.83. The van der Waals surface area contributed by atoms with E-state index in [1.165, 1.54) is 0 Å². The van der Waals surface area contributed by atoms with Crippen molar-refractivity contribution in [3.63, 3.8) is 0 Å². The minimum atomic E-state index is 0.395. The van der Waals surface area contributed by atoms with E-state index in [1.807, 2.05) is 30.6 Å². The Kier molecular flexibility index (Phi) is 3.85. The van der Waals surface area contributed by atoms with Crippen molar-refractivity contribution in [3.05, 3.63) is 58.7 Å². The maximum Gasteiger partial charge on any atom is 0.127 e. The summed E-state index contributed by atoms with van der Waals surface area (Å²) in [6.45, 7) is 1.39. The molecule has 1 aromatic carbocycles. The predicted molar refractivity (Wildman–Crippen MR) is 86.1 cm³/mol. The van der Waals surface area contributed by atoms with Crippen LogP contribution in [0.1, 0.15) is 5.56 Å². The number of nitriles is 1. The molecule has 0 aliphatic carbocycles. The number of benzene rings is 1. The van der Waals surface area contributed by atoms with Crippen molar-refractivity contribution in [2.75, 3.05) is 20.8 Å². The van der Waals surface area contributed by atoms with Crippen LogP contribution in [0.5, 0.6) is 11.5 Å². The average Bonchev–Trinajstić information content (AvgIpc) is 2.97. The van der Waals surface area contributed by atoms with Gasteiger partial charge in [0.05, 0.1) is 14.2 Å². The highest BCUT2D eigenvalue weighted by Crippen LogP contribution is 2.32. The molecule has 6 heteroatoms. The van der Waals surface area contributed by atoms with Crippen molar-refractivity contribution >= 4 is 0 Å². The van der Waals surface area contributed by atoms with Crippen LogP contribution in [0.3, 0.4) is 0 Å². The summed E-state index contributed by atoms with van der Waals surface area (Å²) >= 11 is 0. The first-order chi connectivity index (χ1) is 11.2. The molecule has 0 amide bonds. The van der Waals surface area contributed by atoms with Gasteiger partial charge in [0, 0.05) is 42.7 Å². The van der Waals surface area contributed by atoms with E-state index >= 15 is 0 Å². The fourth-order valence-corrected chi connectivity index (χ4v) is 2.77. The van der Waals surface area contributed by atoms with E-state index in [-0.39, 0.29) is 0 Å². The number of fused-ring (bicyclic) bond motifs is 1. The van der Waals surface area contributed by atoms with Gasteiger partial charge < -0.3 is 25.4 Å². The van der Waals surface area contributed by atoms with Crippen LogP contribution in [-0.4, -0.2) is 25.7 Å². The molecule has 23 heavy (non-hydrogen) atoms. The molecule has 0 atom stereocenters. The van der Waals surface area contributed by atoms with Gasteiger partial charge >= 0.3 is 0 Å². The third-order valence-corrected chi connectivity index (χ3v) is 3.95. The molecule has 0 bridgehead atoms. The first-order valence-electron chi connectivity index (χ1n) is 7.19. The van der Waals surface area contributed by atoms with Crippen molar-refractivity contribution in [3.8, 4) is 17.6 Å². The molecule has 0 spiro atoms. The summed E-state index contributed by atoms with van der Waals surface area (Å²) < 4.78 is 10.7. The molecule has 2 aliphatic heterocycles. The number of allylic oxidation sites excluding steroid dienone is 1. The third-order valence-electron chi connectivity index (χ3n) is 3.95. The number of hydrogen-bond donors (Lipinski definition) is 2. The second-order valence-corrected chi connectivity index (χ2v) is 5.34. The van der Waals surface area contributed by atoms with Gasteiger partial charge in [-0.1, -0.05) is 0 Å². The Labute approximate surface area is 135 Å². The average molecular weight is 310 g/mol. The summed E-state index contributed by atoms with van der Waals surface area (Å²) in [5, 5.41) is 12.2. The van der Waals surface area contributed by atoms with E-state index in [4.69, 9.17) is 15.2 Å². The van der Waals surface area contributed by atoms with Gasteiger partial charge in [-0.15, -0.1) is 0 Å². The molecular formula is C17H18N4O2. The smallest absolute Gasteiger partial charge is 0.127 e. The Morgan fingerprint density at radius 2 is 2.17 bits per heavy atom. The summed E-state index contributed by atoms with van der Waals surface area (Å²) in [7, 11) is 3.27. The maximum atomic E-state index is 9.28. The highest BCUT2D eigenvalue weighted by Gasteiger charge is 2.26. The van der Waals surface area contributed by atoms with Crippen molar-refractivity contribution in [1.82, 2.24) is 10.2 Å². The van der Waals surface area contributed by atoms with Crippen LogP contribution in [0.2, 0.25) is 0 Å². The SMILES string of the molecule is COc1ccc(CN2C=C3C(=CNC(N)=C3C#N)C2)c(OC)c1. The zero-order chi connectivity index (χ0) is 16.4. The Hall–Kier alpha value is -3.07. The van der Waals surface area contributed by atoms with E-state index in [2.05, 4.69) is 16.3 Å². The molecule has 3 N–H and O–H groups in total. The topological polar surface area (TPSA) is 83.5 Å². The van der Waals surface area contributed by atoms with Crippen LogP contribution in [0.25, 0.3) is 0 Å². The molecule has 0 radical (unpaired) electrons. The quantitative estimate of drug-likeness (QED) is 0.878. The van der Waals surface area contributed by atoms with Crippen molar-refractivity contribution in [2.24, 2.45) is 5.73 Å². The standard InChI is InChI=1S/C17H18N4O2/c1-22-13-4-3-11(16(5-13)23-2)8-21-9-12-7-20-17(19)14(6-18)15(12)10-21/h3-5,7,10,20H,8-9,19H2,1-2H3. The fraction of sp³-hybridized carbons (Fsp3) is 0.235. The molecule has 6 nitrogen and oxygen atoms in total. The second kappa shape index (κ2) is 5.97. The first kappa shape index (κ1) is 14.9. The van der Waals surface area contributed by atoms with Gasteiger partial charge in [-0.05, 0) is 17.7 Å². The van der Waals surface area contributed by atoms with Crippen molar-refractivity contribution in [1.29, 1.82) is 5.26 Å². The number of nitrogens with one attached hydrogen (secondary N) is 1. The normalized spacial score (nSPS) is 16.1. The molecule has 0 unspecified atom stereocenters. The van der Waals surface area contributed by atoms with Gasteiger partial charge in [-0.2, -0.15) is 5.26 Å². The number of ether oxygens (including phenoxy) is 2. The van der Waals surface area contributed by atoms with Gasteiger partial charge in [0.25, 0.3) is 0 Å². The molecule has 0 aromatic heterocycles. The number of dihydropyridines is 1. The van der Waals surface area contributed by atoms with Gasteiger partial charge in [-0.25, -0.2) is 0 Å². The van der Waals surface area contributed by atoms with E-state index in [0.29, 0.717) is 17.9 Å². The lowest BCUT2D eigenvalue weighted by Gasteiger charge is -2.18. The summed E-state index contributed by atoms with van der Waals surface area (Å²) in [4.78, 5) is 2.13. The third kappa shape index (κ3) is 2.69. The number of nitrogens with zero attached hydrogens (tertiary/aromatic N) is 2. The molecule has 0 saturated heterocycles. The molecule has 2 heterocycles. The van der Waals surface area contributed by atoms with Crippen molar-refractivity contribution < 1.29 is 9.47 Å². The molecule has 1 aromatic rings. The first-order valence-corrected chi connectivity index (χ1v) is 7.19. The van der Waals surface area contributed by atoms with Gasteiger partial charge in [-0.3, -0.25) is 0 Å². The number of nitrogens with two attached hydrogens (primary N) is 1. The molecule has 3 rings (SSSR count). The van der Waals surface area contributed by atoms with Crippen molar-refractivity contribution in [2.45, 2.75) is 6.54 Å². The lowest BCUT2D eigenvalue weighted by molar-refractivity contribution is 0.372. The van der Waals surface area contributed by atoms with E-state index in [9.17, 15) is 5.26 Å². The molecule has 0 fully saturated rings. The van der Waals surface area contributed by atoms with E-state index in [1.54, 1.807) is 14.2 Å². The zero-order valence-electron chi connectivity index (χ0n) is 13.1. The van der Waals surface area contributed by atoms with Crippen LogP contribution < -0.4 is 20.5 Å². The zero-order valence-corrected chi connectivity index (χ0v) is 13.1. The van der Waals surface area contributed by atoms with Crippen LogP contribution in [-0.2, 0) is 6.54 Å². The Morgan fingerprint density at radius 3 is 2.87 bits per heavy atom. The van der Waals surface area contributed by atoms with Crippen LogP contribution in [0.15, 0.2) is 53.1 Å². The van der Waals surface area contributed by atoms with E-state index < -0.39 is 0 Å². The Morgan fingerprint density at radius 1 is 1.35 bits per heavy atom. The fourth-order valence-electron chi connectivity index (χ4n) is 2.77. The predicted octanol–water partition coefficient (Wildman–Crippen LogP) is 1.58. The monoisotopic (exact) mass is 310 g/mol. The second-order valence-electron chi connectivity index (χ2n) is 5.34. The highest BCUT2D eigenvalue weighted by molar-refractivity contribution is 5.59. The molecular weight excluding hydrogens is 292 g/mol. The van der Waals surface area contributed by atoms with Crippen LogP contribution in [0.4, 0.5) is 0 Å². The van der Waals surface area contributed by atoms with Crippen LogP contribution in [0, 0.1) is 11.3 Å². The Bertz CT molecular complexity index is 771. The number of methoxy groups -OCH3 is 2. The minimum absolute atomic E-state index is 0.395. The maximum absolute atomic E-state index is 9.28. The Balaban J connectivity index is 1.85. The van der Waals surface area contributed by atoms with Gasteiger partial charge in [0.1, 0.15) is 29.0 Å².